The predicted octanol–water partition coefficient (Wildman–Crippen LogP) is 8.20. The first kappa shape index (κ1) is 41.0. The zero-order valence-corrected chi connectivity index (χ0v) is 32.5. The highest BCUT2D eigenvalue weighted by atomic mass is 16.7. The van der Waals surface area contributed by atoms with Gasteiger partial charge in [0.05, 0.1) is 25.3 Å². The minimum Gasteiger partial charge on any atom is -0.459 e. The topological polar surface area (TPSA) is 136 Å². The number of nitrogens with zero attached hydrogens (tertiary/aromatic N) is 2. The van der Waals surface area contributed by atoms with Gasteiger partial charge in [0.15, 0.2) is 0 Å². The second kappa shape index (κ2) is 18.4. The summed E-state index contributed by atoms with van der Waals surface area (Å²) in [4.78, 5) is 33.1. The second-order valence-corrected chi connectivity index (χ2v) is 15.4. The number of aliphatic hydroxyl groups is 2. The maximum atomic E-state index is 13.7. The summed E-state index contributed by atoms with van der Waals surface area (Å²) in [7, 11) is 1.38. The van der Waals surface area contributed by atoms with E-state index in [1.165, 1.54) is 7.11 Å². The van der Waals surface area contributed by atoms with Crippen LogP contribution >= 0.6 is 0 Å². The van der Waals surface area contributed by atoms with Gasteiger partial charge in [0.1, 0.15) is 35.2 Å². The molecule has 0 aromatic heterocycles. The number of fused-ring (bicyclic) bond motifs is 2. The van der Waals surface area contributed by atoms with Crippen LogP contribution in [0.5, 0.6) is 17.2 Å². The molecule has 2 aromatic carbocycles. The van der Waals surface area contributed by atoms with E-state index in [0.29, 0.717) is 55.0 Å². The van der Waals surface area contributed by atoms with Gasteiger partial charge in [-0.1, -0.05) is 49.2 Å². The Balaban J connectivity index is 1.79. The minimum atomic E-state index is -1.37. The van der Waals surface area contributed by atoms with Gasteiger partial charge in [0.25, 0.3) is 0 Å². The lowest BCUT2D eigenvalue weighted by Gasteiger charge is -2.59. The molecule has 5 rings (SSSR count). The predicted molar refractivity (Wildman–Crippen MR) is 207 cm³/mol. The summed E-state index contributed by atoms with van der Waals surface area (Å²) in [6.45, 7) is 12.6. The summed E-state index contributed by atoms with van der Waals surface area (Å²) in [5.74, 6) is -0.128. The van der Waals surface area contributed by atoms with Crippen LogP contribution < -0.4 is 9.47 Å². The molecule has 1 heterocycles. The number of hydrogen-bond donors (Lipinski definition) is 2. The molecule has 0 radical (unpaired) electrons. The summed E-state index contributed by atoms with van der Waals surface area (Å²) < 4.78 is 25.9. The third-order valence-electron chi connectivity index (χ3n) is 10.6. The molecule has 0 spiro atoms. The Kier molecular flexibility index (Phi) is 14.0. The number of carbonyl (C=O) groups is 2. The molecule has 1 fully saturated rings. The molecule has 1 saturated carbocycles. The van der Waals surface area contributed by atoms with Gasteiger partial charge < -0.3 is 34.0 Å². The van der Waals surface area contributed by atoms with Crippen LogP contribution in [-0.2, 0) is 14.3 Å². The van der Waals surface area contributed by atoms with E-state index in [-0.39, 0.29) is 37.6 Å². The number of oxime groups is 1. The van der Waals surface area contributed by atoms with Crippen molar-refractivity contribution in [2.45, 2.75) is 102 Å². The number of aldehydes is 1. The molecule has 54 heavy (non-hydrogen) atoms. The molecule has 2 aliphatic carbocycles. The third kappa shape index (κ3) is 9.01. The van der Waals surface area contributed by atoms with E-state index in [2.05, 4.69) is 12.7 Å². The van der Waals surface area contributed by atoms with Crippen LogP contribution in [0, 0.1) is 17.8 Å². The second-order valence-electron chi connectivity index (χ2n) is 15.4. The van der Waals surface area contributed by atoms with Crippen molar-refractivity contribution in [1.29, 1.82) is 0 Å². The summed E-state index contributed by atoms with van der Waals surface area (Å²) in [5, 5.41) is 24.5. The van der Waals surface area contributed by atoms with Crippen molar-refractivity contribution in [2.24, 2.45) is 22.9 Å². The smallest absolute Gasteiger partial charge is 0.409 e. The maximum Gasteiger partial charge on any atom is 0.409 e. The van der Waals surface area contributed by atoms with E-state index in [1.54, 1.807) is 29.2 Å². The number of carbonyl (C=O) groups excluding carboxylic acids is 2. The number of ether oxygens (including phenoxy) is 4. The lowest BCUT2D eigenvalue weighted by molar-refractivity contribution is -0.255. The maximum absolute atomic E-state index is 13.7. The monoisotopic (exact) mass is 746 g/mol. The number of methoxy groups -OCH3 is 1. The first-order valence-corrected chi connectivity index (χ1v) is 19.4. The van der Waals surface area contributed by atoms with Crippen molar-refractivity contribution in [2.75, 3.05) is 33.5 Å². The average Bonchev–Trinajstić information content (AvgIpc) is 3.16. The van der Waals surface area contributed by atoms with Crippen molar-refractivity contribution in [3.05, 3.63) is 77.9 Å². The van der Waals surface area contributed by atoms with Crippen molar-refractivity contribution in [3.63, 3.8) is 0 Å². The van der Waals surface area contributed by atoms with E-state index in [9.17, 15) is 19.8 Å². The van der Waals surface area contributed by atoms with E-state index >= 15 is 0 Å². The molecule has 11 nitrogen and oxygen atoms in total. The fourth-order valence-corrected chi connectivity index (χ4v) is 8.42. The summed E-state index contributed by atoms with van der Waals surface area (Å²) >= 11 is 0. The van der Waals surface area contributed by atoms with E-state index in [0.717, 1.165) is 48.8 Å². The molecule has 294 valence electrons. The van der Waals surface area contributed by atoms with Crippen LogP contribution in [0.4, 0.5) is 4.79 Å². The number of hydrogen-bond acceptors (Lipinski definition) is 10. The Hall–Kier alpha value is -4.19. The van der Waals surface area contributed by atoms with Gasteiger partial charge >= 0.3 is 6.09 Å². The number of unbranched alkanes of at least 4 members (excludes halogenated alkanes) is 2. The highest BCUT2D eigenvalue weighted by Crippen LogP contribution is 2.62. The average molecular weight is 747 g/mol. The van der Waals surface area contributed by atoms with E-state index in [1.807, 2.05) is 52.0 Å². The molecular weight excluding hydrogens is 688 g/mol. The van der Waals surface area contributed by atoms with E-state index in [4.69, 9.17) is 28.9 Å². The fourth-order valence-electron chi connectivity index (χ4n) is 8.42. The van der Waals surface area contributed by atoms with Crippen LogP contribution in [0.2, 0.25) is 0 Å². The molecule has 3 aliphatic rings. The number of rotatable bonds is 18. The zero-order chi connectivity index (χ0) is 38.9. The SMILES string of the molecule is C=CCO[C@@]12Oc3ccc(Oc4cccc(C=O)c4)cc3[C@H]3[C@H](CCCCO)[C@@H](CCCCO)C=C(C(=NOC(C)(C)C)C[C@@H]1N(CCC)C(=O)OC)[C@H]32. The highest BCUT2D eigenvalue weighted by Gasteiger charge is 2.65. The Bertz CT molecular complexity index is 1670. The Labute approximate surface area is 319 Å². The molecule has 2 N–H and O–H groups in total. The Morgan fingerprint density at radius 2 is 1.81 bits per heavy atom. The molecule has 0 saturated heterocycles. The standard InChI is InChI=1S/C43H58N2O9/c1-7-20-45(41(49)50-6)38-27-36(44-54-42(3,4)5)34-25-30(15-9-11-21-46)33(17-10-12-22-47)39-35-26-32(52-31-16-13-14-29(24-31)28-48)18-19-37(35)53-43(38,40(34)39)51-23-8-2/h8,13-14,16,18-19,24-26,28,30,33,38-40,46-47H,2,7,9-12,15,17,20-23,27H2,1,3-6H3/t30-,33+,38-,39+,40+,43+/m0/s1. The molecule has 1 amide bonds. The number of aliphatic hydroxyl groups excluding tert-OH is 2. The molecular formula is C43H58N2O9. The van der Waals surface area contributed by atoms with Gasteiger partial charge in [-0.05, 0) is 101 Å². The number of amides is 1. The van der Waals surface area contributed by atoms with Crippen LogP contribution in [0.3, 0.4) is 0 Å². The quantitative estimate of drug-likeness (QED) is 0.0670. The number of allylic oxidation sites excluding steroid dienone is 1. The van der Waals surface area contributed by atoms with Gasteiger partial charge in [0, 0.05) is 43.2 Å². The molecule has 2 aromatic rings. The van der Waals surface area contributed by atoms with Crippen molar-refractivity contribution >= 4 is 18.1 Å². The fraction of sp³-hybridized carbons (Fsp3) is 0.558. The molecule has 11 heteroatoms. The van der Waals surface area contributed by atoms with E-state index < -0.39 is 29.4 Å². The summed E-state index contributed by atoms with van der Waals surface area (Å²) in [6.07, 6.45) is 9.90. The molecule has 0 bridgehead atoms. The summed E-state index contributed by atoms with van der Waals surface area (Å²) in [6, 6.07) is 12.1. The van der Waals surface area contributed by atoms with Crippen molar-refractivity contribution < 1.29 is 43.6 Å². The Morgan fingerprint density at radius 3 is 2.48 bits per heavy atom. The first-order valence-electron chi connectivity index (χ1n) is 19.4. The van der Waals surface area contributed by atoms with Crippen molar-refractivity contribution in [3.8, 4) is 17.2 Å². The van der Waals surface area contributed by atoms with Crippen LogP contribution in [0.25, 0.3) is 0 Å². The molecule has 0 unspecified atom stereocenters. The van der Waals surface area contributed by atoms with Gasteiger partial charge in [-0.25, -0.2) is 4.79 Å². The van der Waals surface area contributed by atoms with Crippen LogP contribution in [0.1, 0.15) is 101 Å². The van der Waals surface area contributed by atoms with Crippen LogP contribution in [0.15, 0.2) is 71.9 Å². The Morgan fingerprint density at radius 1 is 1.07 bits per heavy atom. The largest absolute Gasteiger partial charge is 0.459 e. The normalized spacial score (nSPS) is 25.1. The molecule has 6 atom stereocenters. The lowest BCUT2D eigenvalue weighted by Crippen LogP contribution is -2.70. The number of benzene rings is 2. The lowest BCUT2D eigenvalue weighted by atomic mass is 9.55. The third-order valence-corrected chi connectivity index (χ3v) is 10.6. The van der Waals surface area contributed by atoms with Gasteiger partial charge in [-0.3, -0.25) is 9.69 Å². The van der Waals surface area contributed by atoms with Gasteiger partial charge in [0.2, 0.25) is 5.79 Å². The van der Waals surface area contributed by atoms with Gasteiger partial charge in [-0.2, -0.15) is 0 Å². The molecule has 1 aliphatic heterocycles. The van der Waals surface area contributed by atoms with Crippen LogP contribution in [-0.4, -0.2) is 84.1 Å². The highest BCUT2D eigenvalue weighted by molar-refractivity contribution is 6.03. The van der Waals surface area contributed by atoms with Crippen molar-refractivity contribution in [1.82, 2.24) is 4.90 Å². The minimum absolute atomic E-state index is 0.0632. The first-order chi connectivity index (χ1) is 26.0. The van der Waals surface area contributed by atoms with Gasteiger partial charge in [-0.15, -0.1) is 6.58 Å². The zero-order valence-electron chi connectivity index (χ0n) is 32.5. The summed E-state index contributed by atoms with van der Waals surface area (Å²) in [5.41, 5.74) is 2.54.